The van der Waals surface area contributed by atoms with Gasteiger partial charge < -0.3 is 18.9 Å². The van der Waals surface area contributed by atoms with E-state index in [1.165, 1.54) is 4.90 Å². The zero-order valence-electron chi connectivity index (χ0n) is 24.3. The molecule has 2 aliphatic heterocycles. The first-order valence-corrected chi connectivity index (χ1v) is 15.2. The fourth-order valence-corrected chi connectivity index (χ4v) is 5.65. The Labute approximate surface area is 268 Å². The maximum Gasteiger partial charge on any atom is 0.265 e. The van der Waals surface area contributed by atoms with Crippen LogP contribution in [0.4, 0.5) is 5.69 Å². The van der Waals surface area contributed by atoms with Gasteiger partial charge in [0, 0.05) is 21.2 Å². The van der Waals surface area contributed by atoms with Crippen LogP contribution < -0.4 is 23.8 Å². The van der Waals surface area contributed by atoms with E-state index in [9.17, 15) is 9.59 Å². The fourth-order valence-electron chi connectivity index (χ4n) is 5.38. The van der Waals surface area contributed by atoms with Gasteiger partial charge in [0.15, 0.2) is 23.9 Å². The predicted molar refractivity (Wildman–Crippen MR) is 174 cm³/mol. The molecule has 3 heterocycles. The lowest BCUT2D eigenvalue weighted by Crippen LogP contribution is -2.42. The first kappa shape index (κ1) is 28.6. The van der Waals surface area contributed by atoms with Gasteiger partial charge in [-0.25, -0.2) is 4.98 Å². The summed E-state index contributed by atoms with van der Waals surface area (Å²) in [6.45, 7) is 0.747. The lowest BCUT2D eigenvalue weighted by atomic mass is 9.99. The number of aromatic nitrogens is 1. The Morgan fingerprint density at radius 3 is 2.11 bits per heavy atom. The van der Waals surface area contributed by atoms with Gasteiger partial charge in [0.1, 0.15) is 24.7 Å². The Morgan fingerprint density at radius 1 is 0.756 bits per heavy atom. The highest BCUT2D eigenvalue weighted by molar-refractivity contribution is 9.10. The number of benzene rings is 4. The molecule has 1 aromatic heterocycles. The van der Waals surface area contributed by atoms with Crippen LogP contribution in [0.3, 0.4) is 0 Å². The van der Waals surface area contributed by atoms with E-state index in [0.717, 1.165) is 38.2 Å². The van der Waals surface area contributed by atoms with Crippen molar-refractivity contribution in [1.82, 2.24) is 4.98 Å². The number of hydrogen-bond acceptors (Lipinski definition) is 7. The molecular weight excluding hydrogens is 636 g/mol. The third kappa shape index (κ3) is 5.86. The molecule has 224 valence electrons. The molecule has 0 unspecified atom stereocenters. The Balaban J connectivity index is 1.30. The highest BCUT2D eigenvalue weighted by Crippen LogP contribution is 2.39. The van der Waals surface area contributed by atoms with E-state index in [1.807, 2.05) is 72.8 Å². The molecule has 8 nitrogen and oxygen atoms in total. The topological polar surface area (TPSA) is 87.2 Å². The van der Waals surface area contributed by atoms with Gasteiger partial charge in [-0.15, -0.1) is 0 Å². The lowest BCUT2D eigenvalue weighted by molar-refractivity contribution is -0.121. The summed E-state index contributed by atoms with van der Waals surface area (Å²) >= 11 is 3.40. The quantitative estimate of drug-likeness (QED) is 0.170. The Kier molecular flexibility index (Phi) is 7.69. The van der Waals surface area contributed by atoms with E-state index in [0.29, 0.717) is 47.4 Å². The zero-order chi connectivity index (χ0) is 30.9. The molecular formula is C36H27BrN2O6. The summed E-state index contributed by atoms with van der Waals surface area (Å²) < 4.78 is 23.6. The van der Waals surface area contributed by atoms with Crippen LogP contribution in [-0.2, 0) is 4.79 Å². The van der Waals surface area contributed by atoms with Crippen molar-refractivity contribution in [2.24, 2.45) is 0 Å². The lowest BCUT2D eigenvalue weighted by Gasteiger charge is -2.29. The van der Waals surface area contributed by atoms with Crippen LogP contribution in [0.15, 0.2) is 102 Å². The fraction of sp³-hybridized carbons (Fsp3) is 0.139. The molecule has 0 bridgehead atoms. The van der Waals surface area contributed by atoms with E-state index in [4.69, 9.17) is 23.9 Å². The number of rotatable bonds is 7. The number of carbonyl (C=O) groups is 2. The van der Waals surface area contributed by atoms with Crippen molar-refractivity contribution in [2.45, 2.75) is 0 Å². The van der Waals surface area contributed by atoms with Crippen LogP contribution in [0.1, 0.15) is 10.4 Å². The van der Waals surface area contributed by atoms with Crippen molar-refractivity contribution < 1.29 is 28.5 Å². The molecule has 1 amide bonds. The summed E-state index contributed by atoms with van der Waals surface area (Å²) in [5, 5.41) is 0. The largest absolute Gasteiger partial charge is 0.497 e. The monoisotopic (exact) mass is 662 g/mol. The van der Waals surface area contributed by atoms with Crippen molar-refractivity contribution >= 4 is 33.3 Å². The number of ketones is 1. The van der Waals surface area contributed by atoms with Gasteiger partial charge in [-0.1, -0.05) is 40.2 Å². The number of hydrogen-bond donors (Lipinski definition) is 0. The second-order valence-corrected chi connectivity index (χ2v) is 11.5. The summed E-state index contributed by atoms with van der Waals surface area (Å²) in [5.41, 5.74) is 6.03. The number of amides is 1. The molecule has 45 heavy (non-hydrogen) atoms. The molecule has 0 aliphatic carbocycles. The Hall–Kier alpha value is -5.15. The van der Waals surface area contributed by atoms with Crippen molar-refractivity contribution in [3.63, 3.8) is 0 Å². The molecule has 0 atom stereocenters. The minimum absolute atomic E-state index is 0.109. The van der Waals surface area contributed by atoms with Gasteiger partial charge in [-0.2, -0.15) is 0 Å². The van der Waals surface area contributed by atoms with Crippen LogP contribution in [0.2, 0.25) is 0 Å². The number of pyridine rings is 1. The maximum atomic E-state index is 13.2. The summed E-state index contributed by atoms with van der Waals surface area (Å²) in [6.07, 6.45) is 0. The molecule has 0 saturated heterocycles. The van der Waals surface area contributed by atoms with Crippen molar-refractivity contribution in [3.8, 4) is 56.6 Å². The number of Topliss-reactive ketones (excluding diaryl/α,β-unsaturated/α-hetero) is 1. The third-order valence-electron chi connectivity index (χ3n) is 7.75. The number of anilines is 1. The number of carbonyl (C=O) groups excluding carboxylic acids is 2. The van der Waals surface area contributed by atoms with Gasteiger partial charge in [-0.05, 0) is 83.9 Å². The van der Waals surface area contributed by atoms with E-state index >= 15 is 0 Å². The maximum absolute atomic E-state index is 13.2. The van der Waals surface area contributed by atoms with E-state index in [2.05, 4.69) is 15.9 Å². The Morgan fingerprint density at radius 2 is 1.40 bits per heavy atom. The average Bonchev–Trinajstić information content (AvgIpc) is 3.09. The van der Waals surface area contributed by atoms with Gasteiger partial charge in [0.2, 0.25) is 0 Å². The molecule has 2 aliphatic rings. The molecule has 0 radical (unpaired) electrons. The molecule has 0 spiro atoms. The SMILES string of the molecule is COc1ccc(-c2cc(-c3ccc4c(c3)OCCO4)nc(-c3ccc4c(c3)N(CC(=O)c3ccc(Br)cc3)C(=O)CO4)c2)cc1. The standard InChI is InChI=1S/C36H27BrN2O6/c1-42-28-10-4-22(5-11-28)26-16-29(38-30(17-26)25-7-13-34-35(19-25)44-15-14-43-34)24-6-12-33-31(18-24)39(36(41)21-45-33)20-32(40)23-2-8-27(37)9-3-23/h2-13,16-19H,14-15,20-21H2,1H3. The van der Waals surface area contributed by atoms with E-state index < -0.39 is 0 Å². The zero-order valence-corrected chi connectivity index (χ0v) is 25.9. The molecule has 4 aromatic carbocycles. The van der Waals surface area contributed by atoms with Crippen LogP contribution >= 0.6 is 15.9 Å². The number of methoxy groups -OCH3 is 1. The van der Waals surface area contributed by atoms with Crippen LogP contribution in [-0.4, -0.2) is 50.1 Å². The molecule has 0 N–H and O–H groups in total. The first-order valence-electron chi connectivity index (χ1n) is 14.4. The van der Waals surface area contributed by atoms with Gasteiger partial charge in [0.05, 0.1) is 30.7 Å². The molecule has 7 rings (SSSR count). The van der Waals surface area contributed by atoms with Crippen molar-refractivity contribution in [2.75, 3.05) is 38.4 Å². The predicted octanol–water partition coefficient (Wildman–Crippen LogP) is 7.23. The minimum Gasteiger partial charge on any atom is -0.497 e. The third-order valence-corrected chi connectivity index (χ3v) is 8.28. The van der Waals surface area contributed by atoms with Crippen LogP contribution in [0.5, 0.6) is 23.0 Å². The van der Waals surface area contributed by atoms with Crippen LogP contribution in [0.25, 0.3) is 33.6 Å². The summed E-state index contributed by atoms with van der Waals surface area (Å²) in [5.74, 6) is 2.20. The molecule has 5 aromatic rings. The second-order valence-electron chi connectivity index (χ2n) is 10.6. The second kappa shape index (κ2) is 12.1. The summed E-state index contributed by atoms with van der Waals surface area (Å²) in [4.78, 5) is 32.8. The van der Waals surface area contributed by atoms with E-state index in [1.54, 1.807) is 31.4 Å². The van der Waals surface area contributed by atoms with Gasteiger partial charge in [-0.3, -0.25) is 14.5 Å². The number of fused-ring (bicyclic) bond motifs is 2. The van der Waals surface area contributed by atoms with Crippen molar-refractivity contribution in [3.05, 3.63) is 107 Å². The van der Waals surface area contributed by atoms with E-state index in [-0.39, 0.29) is 24.8 Å². The smallest absolute Gasteiger partial charge is 0.265 e. The average molecular weight is 664 g/mol. The van der Waals surface area contributed by atoms with Crippen LogP contribution in [0, 0.1) is 0 Å². The molecule has 0 fully saturated rings. The molecule has 0 saturated carbocycles. The first-order chi connectivity index (χ1) is 21.9. The summed E-state index contributed by atoms with van der Waals surface area (Å²) in [6, 6.07) is 30.4. The van der Waals surface area contributed by atoms with Gasteiger partial charge >= 0.3 is 0 Å². The highest BCUT2D eigenvalue weighted by atomic mass is 79.9. The van der Waals surface area contributed by atoms with Gasteiger partial charge in [0.25, 0.3) is 5.91 Å². The van der Waals surface area contributed by atoms with Crippen molar-refractivity contribution in [1.29, 1.82) is 0 Å². The highest BCUT2D eigenvalue weighted by Gasteiger charge is 2.28. The number of halogens is 1. The number of nitrogens with zero attached hydrogens (tertiary/aromatic N) is 2. The number of ether oxygens (including phenoxy) is 4. The Bertz CT molecular complexity index is 1920. The molecule has 9 heteroatoms. The summed E-state index contributed by atoms with van der Waals surface area (Å²) in [7, 11) is 1.64. The normalized spacial score (nSPS) is 13.6. The minimum atomic E-state index is -0.290.